The Morgan fingerprint density at radius 1 is 1.16 bits per heavy atom. The number of thioether (sulfide) groups is 1. The van der Waals surface area contributed by atoms with E-state index in [1.165, 1.54) is 25.0 Å². The van der Waals surface area contributed by atoms with Gasteiger partial charge in [-0.15, -0.1) is 0 Å². The Bertz CT molecular complexity index is 1070. The zero-order chi connectivity index (χ0) is 22.5. The van der Waals surface area contributed by atoms with E-state index >= 15 is 0 Å². The molecule has 1 heterocycles. The predicted molar refractivity (Wildman–Crippen MR) is 113 cm³/mol. The Morgan fingerprint density at radius 2 is 1.84 bits per heavy atom. The highest BCUT2D eigenvalue weighted by atomic mass is 35.5. The largest absolute Gasteiger partial charge is 0.538 e. The van der Waals surface area contributed by atoms with Gasteiger partial charge in [-0.2, -0.15) is 0 Å². The van der Waals surface area contributed by atoms with Gasteiger partial charge in [0.2, 0.25) is 11.6 Å². The molecule has 31 heavy (non-hydrogen) atoms. The summed E-state index contributed by atoms with van der Waals surface area (Å²) in [7, 11) is 4.50. The fourth-order valence-corrected chi connectivity index (χ4v) is 3.75. The lowest BCUT2D eigenvalue weighted by Gasteiger charge is -2.15. The molecule has 3 rings (SSSR count). The van der Waals surface area contributed by atoms with Crippen LogP contribution in [0.1, 0.15) is 6.92 Å². The van der Waals surface area contributed by atoms with Crippen molar-refractivity contribution in [3.05, 3.63) is 41.4 Å². The average Bonchev–Trinajstić information content (AvgIpc) is 3.14. The molecule has 11 heteroatoms. The van der Waals surface area contributed by atoms with Crippen LogP contribution in [0.15, 0.2) is 45.9 Å². The van der Waals surface area contributed by atoms with Crippen LogP contribution in [0.25, 0.3) is 5.69 Å². The molecule has 0 radical (unpaired) electrons. The van der Waals surface area contributed by atoms with Crippen LogP contribution in [0.5, 0.6) is 23.2 Å². The minimum atomic E-state index is -0.665. The zero-order valence-electron chi connectivity index (χ0n) is 17.2. The van der Waals surface area contributed by atoms with Gasteiger partial charge in [0.25, 0.3) is 5.03 Å². The number of halogens is 1. The van der Waals surface area contributed by atoms with E-state index < -0.39 is 11.2 Å². The quantitative estimate of drug-likeness (QED) is 0.399. The molecule has 0 fully saturated rings. The minimum absolute atomic E-state index is 0.160. The van der Waals surface area contributed by atoms with E-state index in [2.05, 4.69) is 10.6 Å². The molecule has 0 aliphatic heterocycles. The summed E-state index contributed by atoms with van der Waals surface area (Å²) in [5, 5.41) is 18.5. The molecule has 0 aliphatic carbocycles. The number of carbonyl (C=O) groups is 1. The first-order valence-electron chi connectivity index (χ1n) is 9.00. The second kappa shape index (κ2) is 9.80. The van der Waals surface area contributed by atoms with E-state index in [1.807, 2.05) is 0 Å². The van der Waals surface area contributed by atoms with Crippen molar-refractivity contribution in [1.29, 1.82) is 0 Å². The number of nitrogens with one attached hydrogen (secondary N) is 1. The molecule has 9 nitrogen and oxygen atoms in total. The third kappa shape index (κ3) is 4.97. The number of methoxy groups -OCH3 is 3. The first-order valence-corrected chi connectivity index (χ1v) is 10.3. The summed E-state index contributed by atoms with van der Waals surface area (Å²) in [6.07, 6.45) is 0. The lowest BCUT2D eigenvalue weighted by Crippen LogP contribution is -2.36. The first kappa shape index (κ1) is 22.6. The Balaban J connectivity index is 1.79. The highest BCUT2D eigenvalue weighted by Crippen LogP contribution is 2.36. The molecule has 0 aliphatic rings. The van der Waals surface area contributed by atoms with Crippen molar-refractivity contribution in [2.75, 3.05) is 26.6 Å². The second-order valence-electron chi connectivity index (χ2n) is 6.21. The number of hydrogen-bond donors (Lipinski definition) is 1. The normalized spacial score (nSPS) is 11.6. The van der Waals surface area contributed by atoms with Crippen LogP contribution in [0.2, 0.25) is 5.02 Å². The lowest BCUT2D eigenvalue weighted by atomic mass is 10.2. The summed E-state index contributed by atoms with van der Waals surface area (Å²) in [6, 6.07) is 10.0. The van der Waals surface area contributed by atoms with Crippen LogP contribution in [0, 0.1) is 0 Å². The first-order chi connectivity index (χ1) is 14.9. The molecule has 1 atom stereocenters. The number of hydrogen-bond acceptors (Lipinski definition) is 8. The maximum absolute atomic E-state index is 12.8. The van der Waals surface area contributed by atoms with E-state index in [0.717, 1.165) is 11.8 Å². The van der Waals surface area contributed by atoms with Gasteiger partial charge in [0, 0.05) is 18.2 Å². The molecule has 3 aromatic rings. The number of ether oxygens (including phenoxy) is 3. The van der Waals surface area contributed by atoms with Gasteiger partial charge in [0.1, 0.15) is 17.2 Å². The summed E-state index contributed by atoms with van der Waals surface area (Å²) in [5.74, 6) is 0.440. The van der Waals surface area contributed by atoms with Gasteiger partial charge in [-0.1, -0.05) is 11.6 Å². The van der Waals surface area contributed by atoms with Crippen molar-refractivity contribution in [2.24, 2.45) is 0 Å². The standard InChI is InChI=1S/C20H20ClN3O6S/c1-11(18(25)22-15-9-14(21)16(28-3)10-17(15)29-4)31-19-20(26)30-23-24(19)12-5-7-13(27-2)8-6-12/h5-11H,1-4H3,(H-,22,23,25,26). The summed E-state index contributed by atoms with van der Waals surface area (Å²) in [4.78, 5) is 12.8. The van der Waals surface area contributed by atoms with Gasteiger partial charge >= 0.3 is 0 Å². The minimum Gasteiger partial charge on any atom is -0.538 e. The number of amides is 1. The molecular weight excluding hydrogens is 446 g/mol. The fraction of sp³-hybridized carbons (Fsp3) is 0.250. The molecule has 0 spiro atoms. The van der Waals surface area contributed by atoms with Crippen LogP contribution < -0.4 is 29.3 Å². The molecule has 2 aromatic carbocycles. The van der Waals surface area contributed by atoms with Gasteiger partial charge in [-0.3, -0.25) is 4.79 Å². The number of nitrogens with zero attached hydrogens (tertiary/aromatic N) is 2. The monoisotopic (exact) mass is 465 g/mol. The smallest absolute Gasteiger partial charge is 0.298 e. The number of carbonyl (C=O) groups excluding carboxylic acids is 1. The molecule has 1 aromatic heterocycles. The van der Waals surface area contributed by atoms with E-state index in [-0.39, 0.29) is 10.9 Å². The summed E-state index contributed by atoms with van der Waals surface area (Å²) < 4.78 is 21.7. The Hall–Kier alpha value is -3.11. The topological polar surface area (TPSA) is 110 Å². The summed E-state index contributed by atoms with van der Waals surface area (Å²) >= 11 is 7.17. The molecule has 1 unspecified atom stereocenters. The van der Waals surface area contributed by atoms with Crippen molar-refractivity contribution in [3.8, 4) is 28.9 Å². The van der Waals surface area contributed by atoms with Gasteiger partial charge in [0.15, 0.2) is 5.95 Å². The van der Waals surface area contributed by atoms with Crippen LogP contribution >= 0.6 is 23.4 Å². The molecule has 0 saturated heterocycles. The number of rotatable bonds is 8. The van der Waals surface area contributed by atoms with Crippen LogP contribution in [0.4, 0.5) is 5.69 Å². The van der Waals surface area contributed by atoms with Gasteiger partial charge in [0.05, 0.1) is 42.6 Å². The van der Waals surface area contributed by atoms with Crippen molar-refractivity contribution in [1.82, 2.24) is 5.27 Å². The predicted octanol–water partition coefficient (Wildman–Crippen LogP) is 2.82. The average molecular weight is 466 g/mol. The fourth-order valence-electron chi connectivity index (χ4n) is 2.64. The zero-order valence-corrected chi connectivity index (χ0v) is 18.7. The molecule has 164 valence electrons. The Kier molecular flexibility index (Phi) is 7.13. The Morgan fingerprint density at radius 3 is 2.45 bits per heavy atom. The third-order valence-corrected chi connectivity index (χ3v) is 5.70. The van der Waals surface area contributed by atoms with E-state index in [4.69, 9.17) is 30.3 Å². The number of aromatic nitrogens is 2. The van der Waals surface area contributed by atoms with Crippen molar-refractivity contribution in [2.45, 2.75) is 17.2 Å². The van der Waals surface area contributed by atoms with Gasteiger partial charge in [-0.25, -0.2) is 0 Å². The molecule has 1 N–H and O–H groups in total. The van der Waals surface area contributed by atoms with E-state index in [1.54, 1.807) is 44.4 Å². The van der Waals surface area contributed by atoms with Crippen molar-refractivity contribution in [3.63, 3.8) is 0 Å². The van der Waals surface area contributed by atoms with Crippen LogP contribution in [0.3, 0.4) is 0 Å². The van der Waals surface area contributed by atoms with Crippen LogP contribution in [-0.4, -0.2) is 37.8 Å². The maximum Gasteiger partial charge on any atom is 0.298 e. The molecule has 1 amide bonds. The molecule has 0 saturated carbocycles. The van der Waals surface area contributed by atoms with Crippen molar-refractivity contribution < 1.29 is 33.3 Å². The number of anilines is 1. The number of benzene rings is 2. The van der Waals surface area contributed by atoms with E-state index in [0.29, 0.717) is 33.6 Å². The summed E-state index contributed by atoms with van der Waals surface area (Å²) in [6.45, 7) is 1.66. The highest BCUT2D eigenvalue weighted by molar-refractivity contribution is 8.00. The van der Waals surface area contributed by atoms with E-state index in [9.17, 15) is 9.90 Å². The second-order valence-corrected chi connectivity index (χ2v) is 7.95. The SMILES string of the molecule is COc1ccc(-[n+]2noc([O-])c2SC(C)C(=O)Nc2cc(Cl)c(OC)cc2OC)cc1. The highest BCUT2D eigenvalue weighted by Gasteiger charge is 2.27. The lowest BCUT2D eigenvalue weighted by molar-refractivity contribution is -0.705. The van der Waals surface area contributed by atoms with Gasteiger partial charge in [-0.05, 0) is 41.6 Å². The molecule has 0 bridgehead atoms. The third-order valence-electron chi connectivity index (χ3n) is 4.28. The van der Waals surface area contributed by atoms with Crippen molar-refractivity contribution >= 4 is 35.0 Å². The molecular formula is C20H20ClN3O6S. The van der Waals surface area contributed by atoms with Crippen LogP contribution in [-0.2, 0) is 4.79 Å². The maximum atomic E-state index is 12.8. The summed E-state index contributed by atoms with van der Waals surface area (Å²) in [5.41, 5.74) is 0.965. The Labute approximate surface area is 187 Å². The van der Waals surface area contributed by atoms with Gasteiger partial charge < -0.3 is 29.2 Å².